The van der Waals surface area contributed by atoms with Crippen LogP contribution >= 0.6 is 0 Å². The van der Waals surface area contributed by atoms with Gasteiger partial charge in [0, 0.05) is 6.54 Å². The molecule has 2 aromatic carbocycles. The van der Waals surface area contributed by atoms with Crippen molar-refractivity contribution in [2.75, 3.05) is 15.8 Å². The van der Waals surface area contributed by atoms with Gasteiger partial charge >= 0.3 is 0 Å². The van der Waals surface area contributed by atoms with E-state index < -0.39 is 10.0 Å². The van der Waals surface area contributed by atoms with E-state index in [4.69, 9.17) is 0 Å². The Kier molecular flexibility index (Phi) is 6.38. The summed E-state index contributed by atoms with van der Waals surface area (Å²) < 4.78 is 26.9. The van der Waals surface area contributed by atoms with Crippen molar-refractivity contribution < 1.29 is 8.42 Å². The minimum Gasteiger partial charge on any atom is -0.365 e. The zero-order chi connectivity index (χ0) is 19.0. The van der Waals surface area contributed by atoms with E-state index in [0.29, 0.717) is 18.8 Å². The van der Waals surface area contributed by atoms with E-state index in [1.165, 1.54) is 0 Å². The number of nitrogens with one attached hydrogen (secondary N) is 2. The Labute approximate surface area is 159 Å². The predicted molar refractivity (Wildman–Crippen MR) is 108 cm³/mol. The maximum atomic E-state index is 12.2. The van der Waals surface area contributed by atoms with Crippen molar-refractivity contribution in [2.45, 2.75) is 19.4 Å². The van der Waals surface area contributed by atoms with E-state index >= 15 is 0 Å². The van der Waals surface area contributed by atoms with Crippen molar-refractivity contribution in [1.29, 1.82) is 0 Å². The molecule has 3 rings (SSSR count). The molecule has 0 aliphatic rings. The molecule has 0 amide bonds. The highest BCUT2D eigenvalue weighted by atomic mass is 32.2. The lowest BCUT2D eigenvalue weighted by molar-refractivity contribution is 0.598. The van der Waals surface area contributed by atoms with E-state index in [2.05, 4.69) is 20.2 Å². The van der Waals surface area contributed by atoms with Gasteiger partial charge < -0.3 is 5.32 Å². The van der Waals surface area contributed by atoms with Gasteiger partial charge in [-0.1, -0.05) is 60.7 Å². The maximum Gasteiger partial charge on any atom is 0.233 e. The van der Waals surface area contributed by atoms with E-state index in [-0.39, 0.29) is 11.6 Å². The van der Waals surface area contributed by atoms with Crippen LogP contribution in [0, 0.1) is 0 Å². The monoisotopic (exact) mass is 382 g/mol. The first-order chi connectivity index (χ1) is 13.1. The molecule has 0 saturated carbocycles. The third-order valence-corrected chi connectivity index (χ3v) is 5.31. The Bertz CT molecular complexity index is 931. The van der Waals surface area contributed by atoms with Crippen molar-refractivity contribution in [3.8, 4) is 0 Å². The molecule has 27 heavy (non-hydrogen) atoms. The van der Waals surface area contributed by atoms with E-state index in [1.54, 1.807) is 12.1 Å². The van der Waals surface area contributed by atoms with Gasteiger partial charge in [-0.15, -0.1) is 10.2 Å². The normalized spacial score (nSPS) is 11.1. The third kappa shape index (κ3) is 6.38. The van der Waals surface area contributed by atoms with Crippen molar-refractivity contribution in [2.24, 2.45) is 0 Å². The number of sulfonamides is 1. The highest BCUT2D eigenvalue weighted by Crippen LogP contribution is 2.11. The average molecular weight is 382 g/mol. The summed E-state index contributed by atoms with van der Waals surface area (Å²) in [6.45, 7) is 0.625. The summed E-state index contributed by atoms with van der Waals surface area (Å²) in [4.78, 5) is 0. The van der Waals surface area contributed by atoms with Crippen molar-refractivity contribution in [3.63, 3.8) is 0 Å². The molecule has 0 aliphatic carbocycles. The molecule has 0 fully saturated rings. The molecule has 140 valence electrons. The van der Waals surface area contributed by atoms with E-state index in [0.717, 1.165) is 17.5 Å². The second kappa shape index (κ2) is 9.14. The summed E-state index contributed by atoms with van der Waals surface area (Å²) in [5.74, 6) is 0.850. The number of aromatic nitrogens is 2. The van der Waals surface area contributed by atoms with Crippen LogP contribution in [0.15, 0.2) is 72.8 Å². The molecule has 0 spiro atoms. The van der Waals surface area contributed by atoms with Gasteiger partial charge in [-0.2, -0.15) is 0 Å². The number of nitrogens with zero attached hydrogens (tertiary/aromatic N) is 2. The predicted octanol–water partition coefficient (Wildman–Crippen LogP) is 3.46. The number of aryl methyl sites for hydroxylation is 1. The Morgan fingerprint density at radius 2 is 1.33 bits per heavy atom. The first-order valence-electron chi connectivity index (χ1n) is 8.77. The van der Waals surface area contributed by atoms with Crippen LogP contribution in [0.2, 0.25) is 0 Å². The molecular weight excluding hydrogens is 360 g/mol. The Morgan fingerprint density at radius 3 is 1.96 bits per heavy atom. The summed E-state index contributed by atoms with van der Waals surface area (Å²) in [7, 11) is -3.45. The quantitative estimate of drug-likeness (QED) is 0.592. The Balaban J connectivity index is 1.47. The summed E-state index contributed by atoms with van der Waals surface area (Å²) in [5, 5.41) is 11.1. The summed E-state index contributed by atoms with van der Waals surface area (Å²) in [5.41, 5.74) is 2.25. The second-order valence-electron chi connectivity index (χ2n) is 6.15. The molecule has 0 unspecified atom stereocenters. The lowest BCUT2D eigenvalue weighted by Crippen LogP contribution is -2.18. The standard InChI is InChI=1S/C20H22N4O2S/c25-27(26,15-7-12-17-8-3-1-4-9-17)24-20-14-13-19(22-23-20)21-16-18-10-5-2-6-11-18/h1-6,8-11,13-14H,7,12,15-16H2,(H,21,22)(H,23,24). The molecular formula is C20H22N4O2S. The molecule has 0 atom stereocenters. The molecule has 1 aromatic heterocycles. The minimum absolute atomic E-state index is 0.0393. The van der Waals surface area contributed by atoms with Gasteiger partial charge in [-0.3, -0.25) is 4.72 Å². The largest absolute Gasteiger partial charge is 0.365 e. The molecule has 0 radical (unpaired) electrons. The molecule has 0 saturated heterocycles. The number of benzene rings is 2. The van der Waals surface area contributed by atoms with Crippen LogP contribution in [0.3, 0.4) is 0 Å². The number of hydrogen-bond acceptors (Lipinski definition) is 5. The lowest BCUT2D eigenvalue weighted by Gasteiger charge is -2.08. The maximum absolute atomic E-state index is 12.2. The topological polar surface area (TPSA) is 84.0 Å². The molecule has 1 heterocycles. The Hall–Kier alpha value is -2.93. The van der Waals surface area contributed by atoms with Gasteiger partial charge in [0.05, 0.1) is 5.75 Å². The van der Waals surface area contributed by atoms with Crippen LogP contribution in [-0.2, 0) is 23.0 Å². The lowest BCUT2D eigenvalue weighted by atomic mass is 10.1. The highest BCUT2D eigenvalue weighted by Gasteiger charge is 2.11. The minimum atomic E-state index is -3.45. The molecule has 6 nitrogen and oxygen atoms in total. The molecule has 7 heteroatoms. The molecule has 2 N–H and O–H groups in total. The average Bonchev–Trinajstić information content (AvgIpc) is 2.69. The van der Waals surface area contributed by atoms with Gasteiger partial charge in [0.2, 0.25) is 10.0 Å². The van der Waals surface area contributed by atoms with Crippen molar-refractivity contribution >= 4 is 21.7 Å². The zero-order valence-corrected chi connectivity index (χ0v) is 15.7. The van der Waals surface area contributed by atoms with Gasteiger partial charge in [0.25, 0.3) is 0 Å². The number of rotatable bonds is 9. The SMILES string of the molecule is O=S(=O)(CCCc1ccccc1)Nc1ccc(NCc2ccccc2)nn1. The van der Waals surface area contributed by atoms with Crippen LogP contribution in [0.25, 0.3) is 0 Å². The van der Waals surface area contributed by atoms with Gasteiger partial charge in [-0.25, -0.2) is 8.42 Å². The van der Waals surface area contributed by atoms with Crippen LogP contribution in [-0.4, -0.2) is 24.4 Å². The van der Waals surface area contributed by atoms with Crippen molar-refractivity contribution in [1.82, 2.24) is 10.2 Å². The van der Waals surface area contributed by atoms with Gasteiger partial charge in [0.15, 0.2) is 5.82 Å². The van der Waals surface area contributed by atoms with Crippen molar-refractivity contribution in [3.05, 3.63) is 83.9 Å². The third-order valence-electron chi connectivity index (χ3n) is 3.96. The summed E-state index contributed by atoms with van der Waals surface area (Å²) >= 11 is 0. The number of hydrogen-bond donors (Lipinski definition) is 2. The fourth-order valence-electron chi connectivity index (χ4n) is 2.59. The molecule has 0 aliphatic heterocycles. The molecule has 0 bridgehead atoms. The first-order valence-corrected chi connectivity index (χ1v) is 10.4. The first kappa shape index (κ1) is 18.8. The van der Waals surface area contributed by atoms with Crippen LogP contribution in [0.5, 0.6) is 0 Å². The summed E-state index contributed by atoms with van der Waals surface area (Å²) in [6.07, 6.45) is 1.26. The highest BCUT2D eigenvalue weighted by molar-refractivity contribution is 7.92. The van der Waals surface area contributed by atoms with Crippen LogP contribution in [0.1, 0.15) is 17.5 Å². The second-order valence-corrected chi connectivity index (χ2v) is 7.99. The van der Waals surface area contributed by atoms with E-state index in [1.807, 2.05) is 60.7 Å². The summed E-state index contributed by atoms with van der Waals surface area (Å²) in [6, 6.07) is 23.1. The van der Waals surface area contributed by atoms with Crippen LogP contribution < -0.4 is 10.0 Å². The fourth-order valence-corrected chi connectivity index (χ4v) is 3.64. The fraction of sp³-hybridized carbons (Fsp3) is 0.200. The number of anilines is 2. The molecule has 3 aromatic rings. The zero-order valence-electron chi connectivity index (χ0n) is 14.9. The smallest absolute Gasteiger partial charge is 0.233 e. The van der Waals surface area contributed by atoms with E-state index in [9.17, 15) is 8.42 Å². The Morgan fingerprint density at radius 1 is 0.741 bits per heavy atom. The van der Waals surface area contributed by atoms with Gasteiger partial charge in [0.1, 0.15) is 5.82 Å². The van der Waals surface area contributed by atoms with Gasteiger partial charge in [-0.05, 0) is 36.1 Å². The van der Waals surface area contributed by atoms with Crippen LogP contribution in [0.4, 0.5) is 11.6 Å².